The number of rotatable bonds is 4. The van der Waals surface area contributed by atoms with Crippen LogP contribution in [0.1, 0.15) is 18.2 Å². The number of piperazine rings is 1. The number of β-amino-alcohol motifs (C(OH)–C–C–N with tert-alkyl or cyclic N) is 1. The number of aryl methyl sites for hydroxylation is 1. The first-order valence-electron chi connectivity index (χ1n) is 6.68. The largest absolute Gasteiger partial charge is 0.392 e. The molecule has 2 heterocycles. The first-order chi connectivity index (χ1) is 8.63. The highest BCUT2D eigenvalue weighted by Crippen LogP contribution is 2.08. The third kappa shape index (κ3) is 4.05. The summed E-state index contributed by atoms with van der Waals surface area (Å²) in [7, 11) is 0. The van der Waals surface area contributed by atoms with E-state index in [1.807, 2.05) is 20.0 Å². The minimum atomic E-state index is -0.224. The van der Waals surface area contributed by atoms with Gasteiger partial charge in [0.05, 0.1) is 6.10 Å². The third-order valence-electron chi connectivity index (χ3n) is 3.37. The highest BCUT2D eigenvalue weighted by molar-refractivity contribution is 5.13. The van der Waals surface area contributed by atoms with Crippen molar-refractivity contribution in [1.29, 1.82) is 0 Å². The Bertz CT molecular complexity index is 356. The predicted molar refractivity (Wildman–Crippen MR) is 72.4 cm³/mol. The van der Waals surface area contributed by atoms with Crippen molar-refractivity contribution in [3.05, 3.63) is 29.6 Å². The maximum atomic E-state index is 9.37. The quantitative estimate of drug-likeness (QED) is 0.860. The van der Waals surface area contributed by atoms with E-state index in [2.05, 4.69) is 26.9 Å². The Hall–Kier alpha value is -0.970. The summed E-state index contributed by atoms with van der Waals surface area (Å²) in [6, 6.07) is 4.23. The molecular formula is C14H23N3O. The number of aliphatic hydroxyl groups excluding tert-OH is 1. The molecule has 2 rings (SSSR count). The van der Waals surface area contributed by atoms with E-state index in [1.165, 1.54) is 5.56 Å². The third-order valence-corrected chi connectivity index (χ3v) is 3.37. The Labute approximate surface area is 109 Å². The SMILES string of the molecule is Cc1ccc(CN2CCN(CC(C)O)CC2)cn1. The van der Waals surface area contributed by atoms with Gasteiger partial charge in [-0.15, -0.1) is 0 Å². The summed E-state index contributed by atoms with van der Waals surface area (Å²) in [5, 5.41) is 9.37. The second-order valence-electron chi connectivity index (χ2n) is 5.23. The number of nitrogens with zero attached hydrogens (tertiary/aromatic N) is 3. The summed E-state index contributed by atoms with van der Waals surface area (Å²) in [5.41, 5.74) is 2.35. The van der Waals surface area contributed by atoms with E-state index in [0.29, 0.717) is 0 Å². The van der Waals surface area contributed by atoms with Gasteiger partial charge < -0.3 is 5.11 Å². The van der Waals surface area contributed by atoms with Gasteiger partial charge in [-0.2, -0.15) is 0 Å². The fourth-order valence-electron chi connectivity index (χ4n) is 2.35. The normalized spacial score (nSPS) is 19.9. The molecule has 1 aliphatic heterocycles. The van der Waals surface area contributed by atoms with E-state index in [-0.39, 0.29) is 6.10 Å². The summed E-state index contributed by atoms with van der Waals surface area (Å²) in [6.07, 6.45) is 1.75. The highest BCUT2D eigenvalue weighted by atomic mass is 16.3. The van der Waals surface area contributed by atoms with Crippen LogP contribution in [-0.2, 0) is 6.54 Å². The Morgan fingerprint density at radius 2 is 1.89 bits per heavy atom. The van der Waals surface area contributed by atoms with Crippen LogP contribution in [-0.4, -0.2) is 58.7 Å². The van der Waals surface area contributed by atoms with Crippen LogP contribution in [0.25, 0.3) is 0 Å². The van der Waals surface area contributed by atoms with Gasteiger partial charge in [-0.3, -0.25) is 14.8 Å². The van der Waals surface area contributed by atoms with Gasteiger partial charge in [0, 0.05) is 51.2 Å². The molecule has 0 aliphatic carbocycles. The summed E-state index contributed by atoms with van der Waals surface area (Å²) in [6.45, 7) is 9.87. The van der Waals surface area contributed by atoms with Gasteiger partial charge in [0.2, 0.25) is 0 Å². The second kappa shape index (κ2) is 6.27. The van der Waals surface area contributed by atoms with Crippen molar-refractivity contribution in [2.24, 2.45) is 0 Å². The smallest absolute Gasteiger partial charge is 0.0639 e. The summed E-state index contributed by atoms with van der Waals surface area (Å²) in [5.74, 6) is 0. The lowest BCUT2D eigenvalue weighted by molar-refractivity contribution is 0.0780. The number of aliphatic hydroxyl groups is 1. The van der Waals surface area contributed by atoms with Gasteiger partial charge in [0.1, 0.15) is 0 Å². The molecule has 0 aromatic carbocycles. The van der Waals surface area contributed by atoms with Gasteiger partial charge >= 0.3 is 0 Å². The molecular weight excluding hydrogens is 226 g/mol. The fourth-order valence-corrected chi connectivity index (χ4v) is 2.35. The van der Waals surface area contributed by atoms with Crippen molar-refractivity contribution in [2.45, 2.75) is 26.5 Å². The van der Waals surface area contributed by atoms with E-state index >= 15 is 0 Å². The van der Waals surface area contributed by atoms with E-state index in [0.717, 1.165) is 45.0 Å². The van der Waals surface area contributed by atoms with Crippen LogP contribution in [0.3, 0.4) is 0 Å². The molecule has 1 aromatic rings. The van der Waals surface area contributed by atoms with E-state index < -0.39 is 0 Å². The molecule has 1 fully saturated rings. The minimum Gasteiger partial charge on any atom is -0.392 e. The number of hydrogen-bond acceptors (Lipinski definition) is 4. The van der Waals surface area contributed by atoms with Gasteiger partial charge in [0.15, 0.2) is 0 Å². The molecule has 1 saturated heterocycles. The Morgan fingerprint density at radius 3 is 2.44 bits per heavy atom. The zero-order valence-corrected chi connectivity index (χ0v) is 11.3. The zero-order chi connectivity index (χ0) is 13.0. The molecule has 4 heteroatoms. The molecule has 1 N–H and O–H groups in total. The van der Waals surface area contributed by atoms with Crippen molar-refractivity contribution in [1.82, 2.24) is 14.8 Å². The van der Waals surface area contributed by atoms with Crippen LogP contribution in [0.5, 0.6) is 0 Å². The van der Waals surface area contributed by atoms with Crippen molar-refractivity contribution < 1.29 is 5.11 Å². The molecule has 1 aromatic heterocycles. The lowest BCUT2D eigenvalue weighted by Crippen LogP contribution is -2.47. The van der Waals surface area contributed by atoms with Crippen LogP contribution < -0.4 is 0 Å². The van der Waals surface area contributed by atoms with Crippen LogP contribution in [0.2, 0.25) is 0 Å². The molecule has 0 radical (unpaired) electrons. The van der Waals surface area contributed by atoms with Gasteiger partial charge in [-0.1, -0.05) is 6.07 Å². The topological polar surface area (TPSA) is 39.6 Å². The molecule has 18 heavy (non-hydrogen) atoms. The van der Waals surface area contributed by atoms with Crippen molar-refractivity contribution in [2.75, 3.05) is 32.7 Å². The molecule has 0 amide bonds. The molecule has 1 aliphatic rings. The van der Waals surface area contributed by atoms with Crippen LogP contribution in [0.4, 0.5) is 0 Å². The van der Waals surface area contributed by atoms with E-state index in [9.17, 15) is 5.11 Å². The summed E-state index contributed by atoms with van der Waals surface area (Å²) >= 11 is 0. The second-order valence-corrected chi connectivity index (χ2v) is 5.23. The van der Waals surface area contributed by atoms with Crippen LogP contribution >= 0.6 is 0 Å². The molecule has 0 spiro atoms. The minimum absolute atomic E-state index is 0.224. The van der Waals surface area contributed by atoms with Crippen molar-refractivity contribution >= 4 is 0 Å². The monoisotopic (exact) mass is 249 g/mol. The molecule has 0 bridgehead atoms. The number of pyridine rings is 1. The maximum Gasteiger partial charge on any atom is 0.0639 e. The highest BCUT2D eigenvalue weighted by Gasteiger charge is 2.17. The van der Waals surface area contributed by atoms with Gasteiger partial charge in [0.25, 0.3) is 0 Å². The lowest BCUT2D eigenvalue weighted by atomic mass is 10.2. The number of aromatic nitrogens is 1. The maximum absolute atomic E-state index is 9.37. The summed E-state index contributed by atoms with van der Waals surface area (Å²) < 4.78 is 0. The average molecular weight is 249 g/mol. The van der Waals surface area contributed by atoms with Gasteiger partial charge in [-0.25, -0.2) is 0 Å². The molecule has 0 saturated carbocycles. The predicted octanol–water partition coefficient (Wildman–Crippen LogP) is 0.888. The first kappa shape index (κ1) is 13.5. The fraction of sp³-hybridized carbons (Fsp3) is 0.643. The lowest BCUT2D eigenvalue weighted by Gasteiger charge is -2.35. The van der Waals surface area contributed by atoms with Crippen molar-refractivity contribution in [3.63, 3.8) is 0 Å². The van der Waals surface area contributed by atoms with Gasteiger partial charge in [-0.05, 0) is 25.5 Å². The Kier molecular flexibility index (Phi) is 4.69. The van der Waals surface area contributed by atoms with E-state index in [4.69, 9.17) is 0 Å². The Balaban J connectivity index is 1.78. The standard InChI is InChI=1S/C14H23N3O/c1-12-3-4-14(9-15-12)11-17-7-5-16(6-8-17)10-13(2)18/h3-4,9,13,18H,5-8,10-11H2,1-2H3. The zero-order valence-electron chi connectivity index (χ0n) is 11.3. The van der Waals surface area contributed by atoms with Crippen LogP contribution in [0, 0.1) is 6.92 Å². The molecule has 4 nitrogen and oxygen atoms in total. The Morgan fingerprint density at radius 1 is 1.22 bits per heavy atom. The molecule has 1 unspecified atom stereocenters. The van der Waals surface area contributed by atoms with Crippen LogP contribution in [0.15, 0.2) is 18.3 Å². The molecule has 1 atom stereocenters. The first-order valence-corrected chi connectivity index (χ1v) is 6.68. The van der Waals surface area contributed by atoms with E-state index in [1.54, 1.807) is 0 Å². The van der Waals surface area contributed by atoms with Crippen molar-refractivity contribution in [3.8, 4) is 0 Å². The average Bonchev–Trinajstić information content (AvgIpc) is 2.34. The molecule has 100 valence electrons. The number of hydrogen-bond donors (Lipinski definition) is 1. The summed E-state index contributed by atoms with van der Waals surface area (Å²) in [4.78, 5) is 9.11.